The molecule has 144 valence electrons. The van der Waals surface area contributed by atoms with Gasteiger partial charge in [0.2, 0.25) is 15.8 Å². The first-order valence-corrected chi connectivity index (χ1v) is 9.78. The first-order chi connectivity index (χ1) is 13.1. The molecule has 28 heavy (non-hydrogen) atoms. The van der Waals surface area contributed by atoms with E-state index < -0.39 is 33.5 Å². The molecule has 3 rings (SSSR count). The second-order valence-electron chi connectivity index (χ2n) is 6.36. The molecule has 0 aromatic heterocycles. The average molecular weight is 400 g/mol. The lowest BCUT2D eigenvalue weighted by molar-refractivity contribution is -0.138. The zero-order valence-corrected chi connectivity index (χ0v) is 15.6. The maximum Gasteiger partial charge on any atom is 0.310 e. The van der Waals surface area contributed by atoms with E-state index in [9.17, 15) is 22.8 Å². The van der Waals surface area contributed by atoms with E-state index in [-0.39, 0.29) is 28.2 Å². The van der Waals surface area contributed by atoms with E-state index in [0.29, 0.717) is 11.3 Å². The number of carboxylic acids is 1. The highest BCUT2D eigenvalue weighted by atomic mass is 32.2. The van der Waals surface area contributed by atoms with Gasteiger partial charge in [0.1, 0.15) is 0 Å². The normalized spacial score (nSPS) is 16.7. The summed E-state index contributed by atoms with van der Waals surface area (Å²) in [6.45, 7) is 1.55. The van der Waals surface area contributed by atoms with Crippen molar-refractivity contribution in [2.45, 2.75) is 24.2 Å². The predicted molar refractivity (Wildman–Crippen MR) is 101 cm³/mol. The minimum absolute atomic E-state index is 0.0249. The van der Waals surface area contributed by atoms with Crippen LogP contribution in [0.3, 0.4) is 0 Å². The minimum Gasteiger partial charge on any atom is -0.481 e. The van der Waals surface area contributed by atoms with Crippen LogP contribution in [0.5, 0.6) is 0 Å². The summed E-state index contributed by atoms with van der Waals surface area (Å²) >= 11 is 0. The van der Waals surface area contributed by atoms with Crippen LogP contribution in [-0.4, -0.2) is 36.8 Å². The first kappa shape index (κ1) is 19.6. The van der Waals surface area contributed by atoms with Gasteiger partial charge in [0.25, 0.3) is 0 Å². The Hall–Kier alpha value is -3.17. The van der Waals surface area contributed by atoms with Crippen LogP contribution >= 0.6 is 0 Å². The van der Waals surface area contributed by atoms with E-state index in [2.05, 4.69) is 4.99 Å². The maximum atomic E-state index is 12.7. The SMILES string of the molecule is CC(C(=O)O)c1ccc(N=C2CC(=O)c3c(cccc3S(N)(=O)=O)C2=O)cc1. The zero-order valence-electron chi connectivity index (χ0n) is 14.7. The Morgan fingerprint density at radius 2 is 1.79 bits per heavy atom. The lowest BCUT2D eigenvalue weighted by Gasteiger charge is -2.18. The molecule has 1 aliphatic rings. The van der Waals surface area contributed by atoms with Gasteiger partial charge in [-0.1, -0.05) is 24.3 Å². The number of aliphatic imine (C=N–C) groups is 1. The van der Waals surface area contributed by atoms with E-state index >= 15 is 0 Å². The van der Waals surface area contributed by atoms with E-state index in [1.54, 1.807) is 31.2 Å². The minimum atomic E-state index is -4.16. The van der Waals surface area contributed by atoms with E-state index in [4.69, 9.17) is 10.2 Å². The Balaban J connectivity index is 2.00. The predicted octanol–water partition coefficient (Wildman–Crippen LogP) is 2.06. The molecule has 1 unspecified atom stereocenters. The van der Waals surface area contributed by atoms with Gasteiger partial charge in [-0.3, -0.25) is 14.4 Å². The quantitative estimate of drug-likeness (QED) is 0.804. The van der Waals surface area contributed by atoms with Gasteiger partial charge in [0.15, 0.2) is 5.78 Å². The number of aliphatic carboxylic acids is 1. The summed E-state index contributed by atoms with van der Waals surface area (Å²) < 4.78 is 23.4. The molecule has 0 bridgehead atoms. The van der Waals surface area contributed by atoms with Gasteiger partial charge in [0, 0.05) is 11.1 Å². The number of fused-ring (bicyclic) bond motifs is 1. The molecule has 0 fully saturated rings. The first-order valence-electron chi connectivity index (χ1n) is 8.23. The number of carbonyl (C=O) groups excluding carboxylic acids is 2. The van der Waals surface area contributed by atoms with Crippen molar-refractivity contribution in [2.24, 2.45) is 10.1 Å². The van der Waals surface area contributed by atoms with Crippen LogP contribution in [0.25, 0.3) is 0 Å². The molecule has 1 aliphatic carbocycles. The van der Waals surface area contributed by atoms with Crippen LogP contribution in [0.1, 0.15) is 45.5 Å². The van der Waals surface area contributed by atoms with Crippen molar-refractivity contribution in [1.29, 1.82) is 0 Å². The fourth-order valence-electron chi connectivity index (χ4n) is 2.95. The Kier molecular flexibility index (Phi) is 4.97. The number of sulfonamides is 1. The van der Waals surface area contributed by atoms with Crippen LogP contribution in [-0.2, 0) is 14.8 Å². The molecule has 9 heteroatoms. The Morgan fingerprint density at radius 1 is 1.14 bits per heavy atom. The number of hydrogen-bond acceptors (Lipinski definition) is 6. The third-order valence-electron chi connectivity index (χ3n) is 4.47. The summed E-state index contributed by atoms with van der Waals surface area (Å²) in [6.07, 6.45) is -0.356. The molecule has 1 atom stereocenters. The lowest BCUT2D eigenvalue weighted by atomic mass is 9.88. The summed E-state index contributed by atoms with van der Waals surface area (Å²) in [6, 6.07) is 10.2. The molecule has 2 aromatic rings. The Morgan fingerprint density at radius 3 is 2.36 bits per heavy atom. The molecule has 8 nitrogen and oxygen atoms in total. The Labute approximate surface area is 160 Å². The van der Waals surface area contributed by atoms with Crippen molar-refractivity contribution in [1.82, 2.24) is 0 Å². The fraction of sp³-hybridized carbons (Fsp3) is 0.158. The van der Waals surface area contributed by atoms with Crippen LogP contribution in [0.2, 0.25) is 0 Å². The highest BCUT2D eigenvalue weighted by molar-refractivity contribution is 7.89. The Bertz CT molecular complexity index is 1130. The van der Waals surface area contributed by atoms with Crippen LogP contribution in [0.4, 0.5) is 5.69 Å². The van der Waals surface area contributed by atoms with Crippen molar-refractivity contribution in [2.75, 3.05) is 0 Å². The number of carboxylic acid groups (broad SMARTS) is 1. The molecule has 2 aromatic carbocycles. The van der Waals surface area contributed by atoms with Gasteiger partial charge >= 0.3 is 5.97 Å². The van der Waals surface area contributed by atoms with Gasteiger partial charge in [0.05, 0.1) is 28.6 Å². The van der Waals surface area contributed by atoms with Gasteiger partial charge in [-0.15, -0.1) is 0 Å². The molecule has 0 saturated carbocycles. The summed E-state index contributed by atoms with van der Waals surface area (Å²) in [5.74, 6) is -2.77. The molecule has 0 aliphatic heterocycles. The van der Waals surface area contributed by atoms with Crippen LogP contribution in [0.15, 0.2) is 52.4 Å². The largest absolute Gasteiger partial charge is 0.481 e. The number of nitrogens with two attached hydrogens (primary N) is 1. The molecule has 3 N–H and O–H groups in total. The number of hydrogen-bond donors (Lipinski definition) is 2. The molecule has 0 spiro atoms. The number of carbonyl (C=O) groups is 3. The van der Waals surface area contributed by atoms with E-state index in [1.807, 2.05) is 0 Å². The smallest absolute Gasteiger partial charge is 0.310 e. The monoisotopic (exact) mass is 400 g/mol. The van der Waals surface area contributed by atoms with Crippen LogP contribution < -0.4 is 5.14 Å². The molecular formula is C19H16N2O6S. The maximum absolute atomic E-state index is 12.7. The summed E-state index contributed by atoms with van der Waals surface area (Å²) in [5, 5.41) is 14.2. The van der Waals surface area contributed by atoms with Crippen LogP contribution in [0, 0.1) is 0 Å². The third-order valence-corrected chi connectivity index (χ3v) is 5.43. The second-order valence-corrected chi connectivity index (χ2v) is 7.89. The molecule has 0 saturated heterocycles. The van der Waals surface area contributed by atoms with Crippen molar-refractivity contribution in [3.05, 3.63) is 59.2 Å². The van der Waals surface area contributed by atoms with Gasteiger partial charge < -0.3 is 5.11 Å². The fourth-order valence-corrected chi connectivity index (χ4v) is 3.72. The number of primary sulfonamides is 1. The summed E-state index contributed by atoms with van der Waals surface area (Å²) in [7, 11) is -4.16. The zero-order chi connectivity index (χ0) is 20.6. The molecular weight excluding hydrogens is 384 g/mol. The molecule has 0 amide bonds. The van der Waals surface area contributed by atoms with E-state index in [0.717, 1.165) is 0 Å². The van der Waals surface area contributed by atoms with Gasteiger partial charge in [-0.2, -0.15) is 0 Å². The van der Waals surface area contributed by atoms with Crippen molar-refractivity contribution >= 4 is 39.0 Å². The lowest BCUT2D eigenvalue weighted by Crippen LogP contribution is -2.30. The second kappa shape index (κ2) is 7.10. The highest BCUT2D eigenvalue weighted by Crippen LogP contribution is 2.28. The average Bonchev–Trinajstić information content (AvgIpc) is 2.64. The molecule has 0 heterocycles. The van der Waals surface area contributed by atoms with Crippen molar-refractivity contribution in [3.8, 4) is 0 Å². The van der Waals surface area contributed by atoms with Gasteiger partial charge in [-0.05, 0) is 30.7 Å². The van der Waals surface area contributed by atoms with E-state index in [1.165, 1.54) is 18.2 Å². The topological polar surface area (TPSA) is 144 Å². The standard InChI is InChI=1S/C19H16N2O6S/c1-10(19(24)25)11-5-7-12(8-6-11)21-14-9-15(22)17-13(18(14)23)3-2-4-16(17)28(20,26)27/h2-8,10H,9H2,1H3,(H,24,25)(H2,20,26,27). The number of benzene rings is 2. The highest BCUT2D eigenvalue weighted by Gasteiger charge is 2.33. The number of rotatable bonds is 4. The third kappa shape index (κ3) is 3.62. The van der Waals surface area contributed by atoms with Crippen molar-refractivity contribution < 1.29 is 27.9 Å². The van der Waals surface area contributed by atoms with Gasteiger partial charge in [-0.25, -0.2) is 18.5 Å². The number of Topliss-reactive ketones (excluding diaryl/α,β-unsaturated/α-hetero) is 2. The number of nitrogens with zero attached hydrogens (tertiary/aromatic N) is 1. The number of ketones is 2. The summed E-state index contributed by atoms with van der Waals surface area (Å²) in [4.78, 5) is 40.1. The summed E-state index contributed by atoms with van der Waals surface area (Å²) in [5.41, 5.74) is 0.662. The molecule has 0 radical (unpaired) electrons. The van der Waals surface area contributed by atoms with Crippen molar-refractivity contribution in [3.63, 3.8) is 0 Å².